The van der Waals surface area contributed by atoms with E-state index in [0.29, 0.717) is 0 Å². The minimum atomic E-state index is -5.01. The number of rotatable bonds is 11. The Morgan fingerprint density at radius 3 is 2.51 bits per heavy atom. The van der Waals surface area contributed by atoms with Gasteiger partial charge in [0.25, 0.3) is 0 Å². The molecular formula is C20H28N8O13P2. The SMILES string of the molecule is Nc1ccn(CC2CO[C@H](COP(=O)(O)O)C2OP(=O)(O)OC[C@H]2O[C@@H](n3cnc4c(N)ncnc43)C(O)C2O)c(=O)n1. The number of ether oxygens (including phenoxy) is 2. The maximum absolute atomic E-state index is 13.0. The molecular weight excluding hydrogens is 622 g/mol. The Kier molecular flexibility index (Phi) is 8.96. The second kappa shape index (κ2) is 12.2. The van der Waals surface area contributed by atoms with Crippen LogP contribution in [0.25, 0.3) is 11.2 Å². The van der Waals surface area contributed by atoms with Gasteiger partial charge in [0.2, 0.25) is 0 Å². The molecule has 21 nitrogen and oxygen atoms in total. The number of phosphoric ester groups is 2. The maximum atomic E-state index is 13.0. The van der Waals surface area contributed by atoms with Crippen LogP contribution in [0.1, 0.15) is 6.23 Å². The molecule has 0 aromatic carbocycles. The summed E-state index contributed by atoms with van der Waals surface area (Å²) in [7, 11) is -9.96. The predicted octanol–water partition coefficient (Wildman–Crippen LogP) is -2.51. The Morgan fingerprint density at radius 1 is 1.05 bits per heavy atom. The number of nitrogens with zero attached hydrogens (tertiary/aromatic N) is 6. The lowest BCUT2D eigenvalue weighted by molar-refractivity contribution is -0.0555. The Bertz CT molecular complexity index is 1620. The Hall–Kier alpha value is -2.91. The van der Waals surface area contributed by atoms with Gasteiger partial charge in [0, 0.05) is 18.7 Å². The molecule has 2 saturated heterocycles. The summed E-state index contributed by atoms with van der Waals surface area (Å²) in [5.41, 5.74) is 11.0. The highest BCUT2D eigenvalue weighted by Gasteiger charge is 2.47. The molecule has 0 radical (unpaired) electrons. The maximum Gasteiger partial charge on any atom is 0.472 e. The van der Waals surface area contributed by atoms with Crippen LogP contribution in [0.4, 0.5) is 11.6 Å². The van der Waals surface area contributed by atoms with Gasteiger partial charge in [0.05, 0.1) is 26.1 Å². The highest BCUT2D eigenvalue weighted by Crippen LogP contribution is 2.49. The van der Waals surface area contributed by atoms with Crippen LogP contribution in [-0.4, -0.2) is 104 Å². The van der Waals surface area contributed by atoms with Gasteiger partial charge in [-0.25, -0.2) is 28.9 Å². The Labute approximate surface area is 240 Å². The van der Waals surface area contributed by atoms with Crippen molar-refractivity contribution in [2.24, 2.45) is 5.92 Å². The zero-order valence-electron chi connectivity index (χ0n) is 21.9. The van der Waals surface area contributed by atoms with Crippen LogP contribution in [0, 0.1) is 5.92 Å². The molecule has 0 spiro atoms. The number of phosphoric acid groups is 2. The summed E-state index contributed by atoms with van der Waals surface area (Å²) in [6, 6.07) is 1.35. The number of anilines is 2. The molecule has 2 fully saturated rings. The highest BCUT2D eigenvalue weighted by molar-refractivity contribution is 7.47. The molecule has 0 bridgehead atoms. The van der Waals surface area contributed by atoms with E-state index in [-0.39, 0.29) is 36.0 Å². The smallest absolute Gasteiger partial charge is 0.387 e. The molecule has 5 unspecified atom stereocenters. The van der Waals surface area contributed by atoms with E-state index in [2.05, 4.69) is 24.5 Å². The fourth-order valence-corrected chi connectivity index (χ4v) is 6.06. The first-order chi connectivity index (χ1) is 20.2. The van der Waals surface area contributed by atoms with Crippen LogP contribution < -0.4 is 17.2 Å². The summed E-state index contributed by atoms with van der Waals surface area (Å²) >= 11 is 0. The molecule has 236 valence electrons. The van der Waals surface area contributed by atoms with Crippen molar-refractivity contribution in [1.82, 2.24) is 29.1 Å². The van der Waals surface area contributed by atoms with E-state index in [9.17, 15) is 29.0 Å². The standard InChI is InChI=1S/C20H28N8O13P2/c21-12-1-2-27(20(31)26-12)3-9-4-37-11(6-38-42(32,33)34)16(9)41-43(35,36)39-5-10-14(29)15(30)19(40-10)28-8-25-13-17(22)23-7-24-18(13)28/h1-2,7-11,14-16,19,29-30H,3-6H2,(H,35,36)(H2,21,26,31)(H2,22,23,24)(H2,32,33,34)/t9?,10-,11-,14?,15?,16?,19-/m1/s1. The lowest BCUT2D eigenvalue weighted by Crippen LogP contribution is -2.37. The van der Waals surface area contributed by atoms with Crippen LogP contribution in [0.2, 0.25) is 0 Å². The Balaban J connectivity index is 1.28. The minimum absolute atomic E-state index is 0.0276. The number of aromatic nitrogens is 6. The van der Waals surface area contributed by atoms with Gasteiger partial charge in [-0.3, -0.25) is 22.7 Å². The van der Waals surface area contributed by atoms with Gasteiger partial charge >= 0.3 is 21.3 Å². The second-order valence-electron chi connectivity index (χ2n) is 9.67. The van der Waals surface area contributed by atoms with Gasteiger partial charge in [-0.1, -0.05) is 0 Å². The fourth-order valence-electron chi connectivity index (χ4n) is 4.70. The molecule has 0 aliphatic carbocycles. The number of fused-ring (bicyclic) bond motifs is 1. The van der Waals surface area contributed by atoms with Crippen molar-refractivity contribution in [2.45, 2.75) is 43.3 Å². The quantitative estimate of drug-likeness (QED) is 0.105. The van der Waals surface area contributed by atoms with E-state index in [4.69, 9.17) is 39.8 Å². The third kappa shape index (κ3) is 7.09. The first-order valence-electron chi connectivity index (χ1n) is 12.5. The number of imidazole rings is 1. The fraction of sp³-hybridized carbons (Fsp3) is 0.550. The molecule has 43 heavy (non-hydrogen) atoms. The third-order valence-electron chi connectivity index (χ3n) is 6.74. The molecule has 8 atom stereocenters. The number of nitrogen functional groups attached to an aromatic ring is 2. The lowest BCUT2D eigenvalue weighted by Gasteiger charge is -2.26. The molecule has 23 heteroatoms. The topological polar surface area (TPSA) is 312 Å². The van der Waals surface area contributed by atoms with Crippen molar-refractivity contribution in [2.75, 3.05) is 31.3 Å². The van der Waals surface area contributed by atoms with Crippen LogP contribution in [0.15, 0.2) is 29.7 Å². The molecule has 5 rings (SSSR count). The monoisotopic (exact) mass is 650 g/mol. The number of nitrogens with two attached hydrogens (primary N) is 2. The average Bonchev–Trinajstić information content (AvgIpc) is 3.60. The van der Waals surface area contributed by atoms with E-state index in [0.717, 1.165) is 4.57 Å². The molecule has 3 aromatic heterocycles. The largest absolute Gasteiger partial charge is 0.472 e. The number of aliphatic hydroxyl groups is 2. The number of hydrogen-bond acceptors (Lipinski definition) is 16. The molecule has 2 aliphatic rings. The first-order valence-corrected chi connectivity index (χ1v) is 15.5. The van der Waals surface area contributed by atoms with Crippen LogP contribution in [0.5, 0.6) is 0 Å². The van der Waals surface area contributed by atoms with Crippen molar-refractivity contribution in [3.8, 4) is 0 Å². The zero-order chi connectivity index (χ0) is 31.1. The summed E-state index contributed by atoms with van der Waals surface area (Å²) < 4.78 is 52.8. The van der Waals surface area contributed by atoms with Gasteiger partial charge < -0.3 is 45.8 Å². The third-order valence-corrected chi connectivity index (χ3v) is 8.22. The van der Waals surface area contributed by atoms with E-state index in [1.54, 1.807) is 0 Å². The molecule has 5 heterocycles. The van der Waals surface area contributed by atoms with Gasteiger partial charge in [0.1, 0.15) is 48.2 Å². The molecule has 9 N–H and O–H groups in total. The van der Waals surface area contributed by atoms with Crippen molar-refractivity contribution >= 4 is 38.4 Å². The Morgan fingerprint density at radius 2 is 1.79 bits per heavy atom. The van der Waals surface area contributed by atoms with Crippen molar-refractivity contribution in [1.29, 1.82) is 0 Å². The predicted molar refractivity (Wildman–Crippen MR) is 140 cm³/mol. The van der Waals surface area contributed by atoms with E-state index in [1.807, 2.05) is 0 Å². The van der Waals surface area contributed by atoms with Crippen LogP contribution in [-0.2, 0) is 38.7 Å². The summed E-state index contributed by atoms with van der Waals surface area (Å²) in [5, 5.41) is 21.2. The summed E-state index contributed by atoms with van der Waals surface area (Å²) in [4.78, 5) is 56.5. The zero-order valence-corrected chi connectivity index (χ0v) is 23.7. The molecule has 3 aromatic rings. The van der Waals surface area contributed by atoms with Gasteiger partial charge in [0.15, 0.2) is 17.7 Å². The first kappa shape index (κ1) is 31.5. The molecule has 0 amide bonds. The van der Waals surface area contributed by atoms with Gasteiger partial charge in [-0.15, -0.1) is 0 Å². The number of aliphatic hydroxyl groups excluding tert-OH is 2. The second-order valence-corrected chi connectivity index (χ2v) is 12.3. The van der Waals surface area contributed by atoms with Crippen LogP contribution >= 0.6 is 15.6 Å². The van der Waals surface area contributed by atoms with Crippen LogP contribution in [0.3, 0.4) is 0 Å². The highest BCUT2D eigenvalue weighted by atomic mass is 31.2. The lowest BCUT2D eigenvalue weighted by atomic mass is 10.0. The van der Waals surface area contributed by atoms with Crippen molar-refractivity contribution < 1.29 is 57.1 Å². The van der Waals surface area contributed by atoms with Crippen molar-refractivity contribution in [3.63, 3.8) is 0 Å². The molecule has 0 saturated carbocycles. The molecule has 2 aliphatic heterocycles. The van der Waals surface area contributed by atoms with Crippen molar-refractivity contribution in [3.05, 3.63) is 35.4 Å². The van der Waals surface area contributed by atoms with Gasteiger partial charge in [-0.05, 0) is 6.07 Å². The average molecular weight is 650 g/mol. The van der Waals surface area contributed by atoms with E-state index in [1.165, 1.54) is 29.5 Å². The van der Waals surface area contributed by atoms with Gasteiger partial charge in [-0.2, -0.15) is 4.98 Å². The summed E-state index contributed by atoms with van der Waals surface area (Å²) in [6.45, 7) is -1.78. The number of hydrogen-bond donors (Lipinski definition) is 7. The minimum Gasteiger partial charge on any atom is -0.387 e. The van der Waals surface area contributed by atoms with E-state index < -0.39 is 77.2 Å². The summed E-state index contributed by atoms with van der Waals surface area (Å²) in [5.74, 6) is -0.771. The summed E-state index contributed by atoms with van der Waals surface area (Å²) in [6.07, 6.45) is -4.54. The normalized spacial score (nSPS) is 29.3. The van der Waals surface area contributed by atoms with E-state index >= 15 is 0 Å².